The lowest BCUT2D eigenvalue weighted by atomic mass is 10.1. The van der Waals surface area contributed by atoms with Gasteiger partial charge in [0.05, 0.1) is 0 Å². The summed E-state index contributed by atoms with van der Waals surface area (Å²) in [5.74, 6) is 0. The minimum absolute atomic E-state index is 1.03. The predicted octanol–water partition coefficient (Wildman–Crippen LogP) is 3.68. The summed E-state index contributed by atoms with van der Waals surface area (Å²) in [5.41, 5.74) is 0. The van der Waals surface area contributed by atoms with Crippen molar-refractivity contribution in [3.63, 3.8) is 0 Å². The van der Waals surface area contributed by atoms with Crippen LogP contribution in [0.3, 0.4) is 0 Å². The first-order chi connectivity index (χ1) is 5.06. The van der Waals surface area contributed by atoms with Gasteiger partial charge in [0.15, 0.2) is 0 Å². The van der Waals surface area contributed by atoms with Crippen molar-refractivity contribution in [1.29, 1.82) is 0 Å². The molecule has 0 radical (unpaired) electrons. The molecule has 0 rings (SSSR count). The molecule has 0 aromatic heterocycles. The van der Waals surface area contributed by atoms with Crippen LogP contribution in [0.5, 0.6) is 0 Å². The van der Waals surface area contributed by atoms with E-state index in [2.05, 4.69) is 0 Å². The molecule has 0 saturated carbocycles. The van der Waals surface area contributed by atoms with Gasteiger partial charge < -0.3 is 0 Å². The highest BCUT2D eigenvalue weighted by Gasteiger charge is 2.68. The Bertz CT molecular complexity index is 146. The van der Waals surface area contributed by atoms with E-state index in [0.717, 1.165) is 22.6 Å². The number of rotatable bonds is 1. The van der Waals surface area contributed by atoms with E-state index >= 15 is 0 Å². The Morgan fingerprint density at radius 1 is 0.917 bits per heavy atom. The van der Waals surface area contributed by atoms with E-state index in [-0.39, 0.29) is 0 Å². The van der Waals surface area contributed by atoms with Crippen LogP contribution in [0.2, 0.25) is 0 Å². The Hall–Kier alpha value is 0.790. The molecule has 8 heteroatoms. The first-order valence-corrected chi connectivity index (χ1v) is 4.76. The molecule has 0 saturated heterocycles. The van der Waals surface area contributed by atoms with E-state index in [1.54, 1.807) is 15.9 Å². The van der Waals surface area contributed by atoms with Gasteiger partial charge in [0.2, 0.25) is 4.32 Å². The fraction of sp³-hybridized carbons (Fsp3) is 1.00. The maximum Gasteiger partial charge on any atom is 0.413 e. The SMILES string of the molecule is FC(F)(F)C(Br)(CI)C(F)(F)F. The molecule has 0 aliphatic rings. The normalized spacial score (nSPS) is 15.0. The van der Waals surface area contributed by atoms with Crippen LogP contribution >= 0.6 is 38.5 Å². The molecule has 0 aromatic rings. The molecule has 0 fully saturated rings. The van der Waals surface area contributed by atoms with Crippen molar-refractivity contribution in [3.05, 3.63) is 0 Å². The Balaban J connectivity index is 4.95. The van der Waals surface area contributed by atoms with Crippen LogP contribution in [-0.2, 0) is 0 Å². The van der Waals surface area contributed by atoms with Crippen LogP contribution in [0.4, 0.5) is 26.3 Å². The summed E-state index contributed by atoms with van der Waals surface area (Å²) in [6, 6.07) is 0. The maximum atomic E-state index is 11.8. The molecule has 0 amide bonds. The minimum Gasteiger partial charge on any atom is -0.169 e. The fourth-order valence-electron chi connectivity index (χ4n) is 0.312. The van der Waals surface area contributed by atoms with Gasteiger partial charge in [-0.25, -0.2) is 0 Å². The third kappa shape index (κ3) is 2.18. The van der Waals surface area contributed by atoms with Crippen molar-refractivity contribution >= 4 is 38.5 Å². The number of alkyl halides is 8. The van der Waals surface area contributed by atoms with E-state index in [0.29, 0.717) is 0 Å². The van der Waals surface area contributed by atoms with Crippen molar-refractivity contribution in [2.24, 2.45) is 0 Å². The number of hydrogen-bond acceptors (Lipinski definition) is 0. The van der Waals surface area contributed by atoms with Crippen LogP contribution in [0, 0.1) is 0 Å². The van der Waals surface area contributed by atoms with Gasteiger partial charge in [-0.15, -0.1) is 0 Å². The Morgan fingerprint density at radius 3 is 1.17 bits per heavy atom. The third-order valence-electron chi connectivity index (χ3n) is 1.08. The number of halogens is 8. The second kappa shape index (κ2) is 3.50. The average molecular weight is 371 g/mol. The van der Waals surface area contributed by atoms with Gasteiger partial charge in [-0.05, 0) is 0 Å². The van der Waals surface area contributed by atoms with Gasteiger partial charge in [0, 0.05) is 4.43 Å². The molecular weight excluding hydrogens is 369 g/mol. The highest BCUT2D eigenvalue weighted by Crippen LogP contribution is 2.50. The maximum absolute atomic E-state index is 11.8. The van der Waals surface area contributed by atoms with Gasteiger partial charge >= 0.3 is 12.4 Å². The summed E-state index contributed by atoms with van der Waals surface area (Å²) >= 11 is 2.70. The molecule has 0 aliphatic carbocycles. The highest BCUT2D eigenvalue weighted by molar-refractivity contribution is 14.1. The van der Waals surface area contributed by atoms with Gasteiger partial charge in [0.1, 0.15) is 0 Å². The van der Waals surface area contributed by atoms with Crippen molar-refractivity contribution in [2.45, 2.75) is 16.7 Å². The van der Waals surface area contributed by atoms with Crippen LogP contribution in [0.1, 0.15) is 0 Å². The quantitative estimate of drug-likeness (QED) is 0.375. The largest absolute Gasteiger partial charge is 0.413 e. The zero-order valence-electron chi connectivity index (χ0n) is 5.23. The van der Waals surface area contributed by atoms with E-state index in [4.69, 9.17) is 0 Å². The summed E-state index contributed by atoms with van der Waals surface area (Å²) < 4.78 is 66.1. The van der Waals surface area contributed by atoms with Crippen molar-refractivity contribution in [2.75, 3.05) is 4.43 Å². The number of hydrogen-bond donors (Lipinski definition) is 0. The van der Waals surface area contributed by atoms with Crippen molar-refractivity contribution in [1.82, 2.24) is 0 Å². The molecular formula is C4H2BrF6I. The third-order valence-corrected chi connectivity index (χ3v) is 4.45. The van der Waals surface area contributed by atoms with Crippen LogP contribution in [0.15, 0.2) is 0 Å². The van der Waals surface area contributed by atoms with Gasteiger partial charge in [-0.2, -0.15) is 26.3 Å². The standard InChI is InChI=1S/C4H2BrF6I/c5-2(1-12,3(6,7)8)4(9,10)11/h1H2. The van der Waals surface area contributed by atoms with Gasteiger partial charge in [-0.1, -0.05) is 38.5 Å². The molecule has 74 valence electrons. The molecule has 12 heavy (non-hydrogen) atoms. The minimum atomic E-state index is -5.33. The second-order valence-electron chi connectivity index (χ2n) is 1.93. The summed E-state index contributed by atoms with van der Waals surface area (Å²) in [5, 5.41) is 0. The van der Waals surface area contributed by atoms with E-state index < -0.39 is 21.1 Å². The lowest BCUT2D eigenvalue weighted by Crippen LogP contribution is -2.53. The molecule has 0 bridgehead atoms. The molecule has 0 spiro atoms. The molecule has 0 aliphatic heterocycles. The summed E-state index contributed by atoms with van der Waals surface area (Å²) in [6.45, 7) is 0. The molecule has 0 unspecified atom stereocenters. The van der Waals surface area contributed by atoms with E-state index in [1.807, 2.05) is 0 Å². The summed E-state index contributed by atoms with van der Waals surface area (Å²) in [7, 11) is 0. The van der Waals surface area contributed by atoms with Gasteiger partial charge in [0.25, 0.3) is 0 Å². The average Bonchev–Trinajstić information content (AvgIpc) is 1.81. The Kier molecular flexibility index (Phi) is 3.74. The van der Waals surface area contributed by atoms with Crippen LogP contribution in [0.25, 0.3) is 0 Å². The molecule has 0 N–H and O–H groups in total. The summed E-state index contributed by atoms with van der Waals surface area (Å²) in [6.07, 6.45) is -10.7. The molecule has 0 atom stereocenters. The zero-order valence-corrected chi connectivity index (χ0v) is 8.97. The topological polar surface area (TPSA) is 0 Å². The second-order valence-corrected chi connectivity index (χ2v) is 4.05. The van der Waals surface area contributed by atoms with Crippen molar-refractivity contribution in [3.8, 4) is 0 Å². The lowest BCUT2D eigenvalue weighted by molar-refractivity contribution is -0.254. The first-order valence-electron chi connectivity index (χ1n) is 2.44. The van der Waals surface area contributed by atoms with Gasteiger partial charge in [-0.3, -0.25) is 0 Å². The Labute approximate surface area is 86.0 Å². The van der Waals surface area contributed by atoms with Crippen LogP contribution < -0.4 is 0 Å². The zero-order chi connectivity index (χ0) is 10.2. The predicted molar refractivity (Wildman–Crippen MR) is 42.7 cm³/mol. The monoisotopic (exact) mass is 370 g/mol. The lowest BCUT2D eigenvalue weighted by Gasteiger charge is -2.29. The van der Waals surface area contributed by atoms with Crippen LogP contribution in [-0.4, -0.2) is 21.1 Å². The molecule has 0 nitrogen and oxygen atoms in total. The van der Waals surface area contributed by atoms with E-state index in [1.165, 1.54) is 0 Å². The fourth-order valence-corrected chi connectivity index (χ4v) is 1.18. The first kappa shape index (κ1) is 12.8. The Morgan fingerprint density at radius 2 is 1.17 bits per heavy atom. The molecule has 0 heterocycles. The van der Waals surface area contributed by atoms with E-state index in [9.17, 15) is 26.3 Å². The molecule has 0 aromatic carbocycles. The smallest absolute Gasteiger partial charge is 0.169 e. The summed E-state index contributed by atoms with van der Waals surface area (Å²) in [4.78, 5) is 0. The van der Waals surface area contributed by atoms with Crippen molar-refractivity contribution < 1.29 is 26.3 Å². The highest BCUT2D eigenvalue weighted by atomic mass is 127.